The van der Waals surface area contributed by atoms with Crippen LogP contribution in [0.4, 0.5) is 17.1 Å². The van der Waals surface area contributed by atoms with Crippen molar-refractivity contribution in [3.63, 3.8) is 0 Å². The van der Waals surface area contributed by atoms with Crippen molar-refractivity contribution in [1.82, 2.24) is 4.57 Å². The maximum absolute atomic E-state index is 2.36. The topological polar surface area (TPSA) is 8.17 Å². The summed E-state index contributed by atoms with van der Waals surface area (Å²) >= 11 is 0. The zero-order valence-corrected chi connectivity index (χ0v) is 22.8. The number of fused-ring (bicyclic) bond motifs is 6. The van der Waals surface area contributed by atoms with Crippen molar-refractivity contribution < 1.29 is 0 Å². The van der Waals surface area contributed by atoms with Crippen LogP contribution in [-0.2, 0) is 7.05 Å². The number of benzene rings is 7. The highest BCUT2D eigenvalue weighted by molar-refractivity contribution is 6.21. The van der Waals surface area contributed by atoms with Gasteiger partial charge in [0.15, 0.2) is 0 Å². The van der Waals surface area contributed by atoms with Gasteiger partial charge in [0.2, 0.25) is 0 Å². The number of hydrogen-bond donors (Lipinski definition) is 0. The largest absolute Gasteiger partial charge is 0.344 e. The molecule has 0 radical (unpaired) electrons. The van der Waals surface area contributed by atoms with Gasteiger partial charge in [0.25, 0.3) is 0 Å². The van der Waals surface area contributed by atoms with Gasteiger partial charge in [-0.3, -0.25) is 0 Å². The van der Waals surface area contributed by atoms with Gasteiger partial charge >= 0.3 is 0 Å². The molecule has 0 atom stereocenters. The number of hydrogen-bond acceptors (Lipinski definition) is 1. The van der Waals surface area contributed by atoms with Gasteiger partial charge in [-0.15, -0.1) is 0 Å². The number of nitrogens with zero attached hydrogens (tertiary/aromatic N) is 2. The lowest BCUT2D eigenvalue weighted by Gasteiger charge is -2.26. The van der Waals surface area contributed by atoms with E-state index < -0.39 is 0 Å². The molecular weight excluding hydrogens is 496 g/mol. The molecule has 41 heavy (non-hydrogen) atoms. The molecule has 0 fully saturated rings. The Morgan fingerprint density at radius 1 is 0.415 bits per heavy atom. The molecule has 2 heteroatoms. The second-order valence-electron chi connectivity index (χ2n) is 10.7. The number of aromatic nitrogens is 1. The molecule has 1 aromatic heterocycles. The van der Waals surface area contributed by atoms with E-state index in [0.29, 0.717) is 0 Å². The maximum atomic E-state index is 2.36. The summed E-state index contributed by atoms with van der Waals surface area (Å²) in [5.41, 5.74) is 8.36. The Hall–Kier alpha value is -5.34. The van der Waals surface area contributed by atoms with Crippen LogP contribution in [0.3, 0.4) is 0 Å². The molecule has 0 aliphatic carbocycles. The predicted octanol–water partition coefficient (Wildman–Crippen LogP) is 10.8. The van der Waals surface area contributed by atoms with E-state index in [9.17, 15) is 0 Å². The Morgan fingerprint density at radius 3 is 1.85 bits per heavy atom. The molecule has 8 rings (SSSR count). The average molecular weight is 525 g/mol. The van der Waals surface area contributed by atoms with Gasteiger partial charge in [0, 0.05) is 45.9 Å². The number of aryl methyl sites for hydroxylation is 1. The van der Waals surface area contributed by atoms with E-state index in [4.69, 9.17) is 0 Å². The minimum absolute atomic E-state index is 1.13. The van der Waals surface area contributed by atoms with E-state index in [1.54, 1.807) is 0 Å². The van der Waals surface area contributed by atoms with Crippen molar-refractivity contribution in [2.24, 2.45) is 7.05 Å². The first kappa shape index (κ1) is 23.5. The van der Waals surface area contributed by atoms with Gasteiger partial charge in [-0.05, 0) is 87.3 Å². The van der Waals surface area contributed by atoms with Gasteiger partial charge in [-0.25, -0.2) is 0 Å². The van der Waals surface area contributed by atoms with Crippen LogP contribution >= 0.6 is 0 Å². The summed E-state index contributed by atoms with van der Waals surface area (Å²) in [7, 11) is 2.17. The fraction of sp³-hybridized carbons (Fsp3) is 0.0256. The molecule has 0 unspecified atom stereocenters. The van der Waals surface area contributed by atoms with E-state index in [0.717, 1.165) is 17.1 Å². The first-order valence-corrected chi connectivity index (χ1v) is 14.1. The van der Waals surface area contributed by atoms with Crippen molar-refractivity contribution >= 4 is 60.4 Å². The second-order valence-corrected chi connectivity index (χ2v) is 10.7. The lowest BCUT2D eigenvalue weighted by atomic mass is 9.99. The van der Waals surface area contributed by atoms with Crippen LogP contribution in [-0.4, -0.2) is 4.57 Å². The zero-order valence-electron chi connectivity index (χ0n) is 22.8. The average Bonchev–Trinajstić information content (AvgIpc) is 3.33. The third-order valence-electron chi connectivity index (χ3n) is 8.36. The Labute approximate surface area is 239 Å². The zero-order chi connectivity index (χ0) is 27.3. The third-order valence-corrected chi connectivity index (χ3v) is 8.36. The Balaban J connectivity index is 1.24. The van der Waals surface area contributed by atoms with Crippen molar-refractivity contribution in [3.05, 3.63) is 152 Å². The summed E-state index contributed by atoms with van der Waals surface area (Å²) in [6.07, 6.45) is 0. The smallest absolute Gasteiger partial charge is 0.0495 e. The van der Waals surface area contributed by atoms with Crippen LogP contribution in [0.15, 0.2) is 152 Å². The molecule has 0 aliphatic rings. The quantitative estimate of drug-likeness (QED) is 0.222. The second kappa shape index (κ2) is 9.39. The van der Waals surface area contributed by atoms with E-state index in [2.05, 4.69) is 168 Å². The molecule has 0 saturated heterocycles. The number of anilines is 3. The molecular formula is C39H28N2. The number of rotatable bonds is 4. The standard InChI is InChI=1S/C39H28N2/c1-40-37-23-19-31(26-36(37)39-35-14-8-7-10-29(35)18-24-38(39)40)28-15-20-33(21-16-28)41(32-12-3-2-4-13-32)34-22-17-27-9-5-6-11-30(27)25-34/h2-26H,1H3. The third kappa shape index (κ3) is 3.88. The van der Waals surface area contributed by atoms with Crippen molar-refractivity contribution in [2.75, 3.05) is 4.90 Å². The Bertz CT molecular complexity index is 2210. The van der Waals surface area contributed by atoms with Crippen LogP contribution < -0.4 is 4.90 Å². The van der Waals surface area contributed by atoms with Crippen molar-refractivity contribution in [2.45, 2.75) is 0 Å². The summed E-state index contributed by atoms with van der Waals surface area (Å²) in [4.78, 5) is 2.33. The van der Waals surface area contributed by atoms with Gasteiger partial charge in [-0.1, -0.05) is 97.1 Å². The predicted molar refractivity (Wildman–Crippen MR) is 176 cm³/mol. The molecule has 8 aromatic rings. The SMILES string of the molecule is Cn1c2ccc(-c3ccc(N(c4ccccc4)c4ccc5ccccc5c4)cc3)cc2c2c3ccccc3ccc21. The van der Waals surface area contributed by atoms with E-state index >= 15 is 0 Å². The van der Waals surface area contributed by atoms with Gasteiger partial charge < -0.3 is 9.47 Å². The number of para-hydroxylation sites is 1. The maximum Gasteiger partial charge on any atom is 0.0495 e. The summed E-state index contributed by atoms with van der Waals surface area (Å²) in [5.74, 6) is 0. The first-order chi connectivity index (χ1) is 20.2. The van der Waals surface area contributed by atoms with Crippen LogP contribution in [0.25, 0.3) is 54.5 Å². The van der Waals surface area contributed by atoms with Gasteiger partial charge in [0.05, 0.1) is 0 Å². The Morgan fingerprint density at radius 2 is 1.02 bits per heavy atom. The van der Waals surface area contributed by atoms with E-state index in [1.165, 1.54) is 54.5 Å². The minimum atomic E-state index is 1.13. The molecule has 0 aliphatic heterocycles. The highest BCUT2D eigenvalue weighted by Gasteiger charge is 2.15. The highest BCUT2D eigenvalue weighted by atomic mass is 15.1. The summed E-state index contributed by atoms with van der Waals surface area (Å²) in [6.45, 7) is 0. The van der Waals surface area contributed by atoms with Crippen molar-refractivity contribution in [3.8, 4) is 11.1 Å². The molecule has 0 amide bonds. The molecule has 0 spiro atoms. The van der Waals surface area contributed by atoms with Crippen LogP contribution in [0.5, 0.6) is 0 Å². The first-order valence-electron chi connectivity index (χ1n) is 14.1. The van der Waals surface area contributed by atoms with E-state index in [1.807, 2.05) is 0 Å². The lowest BCUT2D eigenvalue weighted by molar-refractivity contribution is 1.01. The molecule has 0 saturated carbocycles. The highest BCUT2D eigenvalue weighted by Crippen LogP contribution is 2.39. The molecule has 0 bridgehead atoms. The Kier molecular flexibility index (Phi) is 5.39. The minimum Gasteiger partial charge on any atom is -0.344 e. The van der Waals surface area contributed by atoms with E-state index in [-0.39, 0.29) is 0 Å². The summed E-state index contributed by atoms with van der Waals surface area (Å²) in [5, 5.41) is 7.68. The normalized spacial score (nSPS) is 11.5. The lowest BCUT2D eigenvalue weighted by Crippen LogP contribution is -2.09. The van der Waals surface area contributed by atoms with Gasteiger partial charge in [-0.2, -0.15) is 0 Å². The molecule has 0 N–H and O–H groups in total. The molecule has 7 aromatic carbocycles. The van der Waals surface area contributed by atoms with Crippen LogP contribution in [0.2, 0.25) is 0 Å². The van der Waals surface area contributed by atoms with Crippen LogP contribution in [0, 0.1) is 0 Å². The summed E-state index contributed by atoms with van der Waals surface area (Å²) < 4.78 is 2.31. The van der Waals surface area contributed by atoms with Crippen molar-refractivity contribution in [1.29, 1.82) is 0 Å². The van der Waals surface area contributed by atoms with Gasteiger partial charge in [0.1, 0.15) is 0 Å². The molecule has 194 valence electrons. The molecule has 1 heterocycles. The fourth-order valence-corrected chi connectivity index (χ4v) is 6.30. The van der Waals surface area contributed by atoms with Crippen LogP contribution in [0.1, 0.15) is 0 Å². The molecule has 2 nitrogen and oxygen atoms in total. The monoisotopic (exact) mass is 524 g/mol. The fourth-order valence-electron chi connectivity index (χ4n) is 6.30. The summed E-state index contributed by atoms with van der Waals surface area (Å²) in [6, 6.07) is 54.8.